The molecule has 1 fully saturated rings. The van der Waals surface area contributed by atoms with Crippen LogP contribution < -0.4 is 0 Å². The van der Waals surface area contributed by atoms with Crippen molar-refractivity contribution in [2.45, 2.75) is 107 Å². The lowest BCUT2D eigenvalue weighted by atomic mass is 9.93. The van der Waals surface area contributed by atoms with E-state index in [4.69, 9.17) is 14.2 Å². The highest BCUT2D eigenvalue weighted by Gasteiger charge is 2.46. The summed E-state index contributed by atoms with van der Waals surface area (Å²) in [6.45, 7) is 4.15. The van der Waals surface area contributed by atoms with E-state index in [1.807, 2.05) is 12.2 Å². The summed E-state index contributed by atoms with van der Waals surface area (Å²) in [5.41, 5.74) is 1.01. The van der Waals surface area contributed by atoms with Gasteiger partial charge in [0, 0.05) is 12.5 Å². The third kappa shape index (κ3) is 8.28. The van der Waals surface area contributed by atoms with Crippen LogP contribution in [-0.4, -0.2) is 58.9 Å². The Balaban J connectivity index is 1.42. The van der Waals surface area contributed by atoms with Crippen LogP contribution in [0.3, 0.4) is 0 Å². The fourth-order valence-corrected chi connectivity index (χ4v) is 5.19. The summed E-state index contributed by atoms with van der Waals surface area (Å²) in [6.07, 6.45) is 20.8. The average molecular weight is 485 g/mol. The molecular weight excluding hydrogens is 444 g/mol. The molecule has 192 valence electrons. The number of carbonyl (C=O) groups is 1. The highest BCUT2D eigenvalue weighted by Crippen LogP contribution is 2.34. The van der Waals surface area contributed by atoms with Gasteiger partial charge in [0.05, 0.1) is 24.4 Å². The van der Waals surface area contributed by atoms with Crippen LogP contribution in [0.1, 0.15) is 64.2 Å². The molecule has 3 aliphatic heterocycles. The van der Waals surface area contributed by atoms with E-state index in [2.05, 4.69) is 24.8 Å². The summed E-state index contributed by atoms with van der Waals surface area (Å²) in [5, 5.41) is 21.5. The summed E-state index contributed by atoms with van der Waals surface area (Å²) in [4.78, 5) is 12.6. The maximum Gasteiger partial charge on any atom is 0.330 e. The van der Waals surface area contributed by atoms with Gasteiger partial charge in [-0.1, -0.05) is 54.7 Å². The zero-order chi connectivity index (χ0) is 24.6. The van der Waals surface area contributed by atoms with E-state index >= 15 is 0 Å². The number of carbonyl (C=O) groups excluding carboxylic acids is 1. The average Bonchev–Trinajstić information content (AvgIpc) is 3.62. The van der Waals surface area contributed by atoms with Gasteiger partial charge in [0.2, 0.25) is 0 Å². The molecule has 6 heteroatoms. The first kappa shape index (κ1) is 26.1. The smallest absolute Gasteiger partial charge is 0.330 e. The van der Waals surface area contributed by atoms with Crippen molar-refractivity contribution in [1.29, 1.82) is 0 Å². The third-order valence-corrected chi connectivity index (χ3v) is 7.30. The van der Waals surface area contributed by atoms with E-state index in [-0.39, 0.29) is 24.4 Å². The summed E-state index contributed by atoms with van der Waals surface area (Å²) in [6, 6.07) is 0. The van der Waals surface area contributed by atoms with Crippen molar-refractivity contribution in [3.05, 3.63) is 60.8 Å². The Labute approximate surface area is 209 Å². The molecule has 3 heterocycles. The summed E-state index contributed by atoms with van der Waals surface area (Å²) in [5.74, 6) is -0.110. The van der Waals surface area contributed by atoms with Crippen LogP contribution >= 0.6 is 0 Å². The lowest BCUT2D eigenvalue weighted by Crippen LogP contribution is -2.32. The Morgan fingerprint density at radius 2 is 1.97 bits per heavy atom. The van der Waals surface area contributed by atoms with Crippen LogP contribution in [0.4, 0.5) is 0 Å². The molecule has 35 heavy (non-hydrogen) atoms. The second kappa shape index (κ2) is 12.8. The van der Waals surface area contributed by atoms with Crippen LogP contribution in [-0.2, 0) is 19.0 Å². The number of fused-ring (bicyclic) bond motifs is 3. The zero-order valence-electron chi connectivity index (χ0n) is 20.5. The first-order chi connectivity index (χ1) is 17.0. The molecule has 4 rings (SSSR count). The molecule has 2 bridgehead atoms. The van der Waals surface area contributed by atoms with Crippen molar-refractivity contribution in [3.8, 4) is 0 Å². The molecule has 0 radical (unpaired) electrons. The van der Waals surface area contributed by atoms with Crippen molar-refractivity contribution in [2.75, 3.05) is 0 Å². The Bertz CT molecular complexity index is 842. The first-order valence-corrected chi connectivity index (χ1v) is 13.2. The molecule has 1 saturated heterocycles. The van der Waals surface area contributed by atoms with Crippen LogP contribution in [0.5, 0.6) is 0 Å². The molecule has 4 aliphatic rings. The highest BCUT2D eigenvalue weighted by molar-refractivity contribution is 5.82. The number of epoxide rings is 1. The van der Waals surface area contributed by atoms with Gasteiger partial charge < -0.3 is 24.4 Å². The molecular formula is C29H40O6. The molecule has 2 unspecified atom stereocenters. The minimum Gasteiger partial charge on any atom is -0.456 e. The van der Waals surface area contributed by atoms with Gasteiger partial charge in [-0.15, -0.1) is 0 Å². The van der Waals surface area contributed by atoms with Gasteiger partial charge in [0.15, 0.2) is 0 Å². The summed E-state index contributed by atoms with van der Waals surface area (Å²) < 4.78 is 17.6. The maximum absolute atomic E-state index is 12.6. The van der Waals surface area contributed by atoms with Gasteiger partial charge in [-0.3, -0.25) is 0 Å². The van der Waals surface area contributed by atoms with Gasteiger partial charge in [-0.2, -0.15) is 0 Å². The third-order valence-electron chi connectivity index (χ3n) is 7.30. The van der Waals surface area contributed by atoms with Crippen LogP contribution in [0.25, 0.3) is 0 Å². The molecule has 0 spiro atoms. The standard InChI is InChI=1S/C29H40O6/c1-20-8-5-11-22-12-6-13-23(33-22)14-7-15-28(32)34-26(19-27-29(35-27)25(31)18-20)24(30)17-16-21-9-3-2-4-10-21/h2-3,6-7,13,15-17,21-27,29-31H,1,4-5,8-12,14,18-19H2/b15-7-,17-16+/t21?,22-,23+,24+,25+,26?,27+,29+/m1/s1. The maximum atomic E-state index is 12.6. The van der Waals surface area contributed by atoms with Gasteiger partial charge in [0.25, 0.3) is 0 Å². The van der Waals surface area contributed by atoms with E-state index in [1.165, 1.54) is 6.08 Å². The molecule has 0 aromatic rings. The van der Waals surface area contributed by atoms with E-state index in [1.54, 1.807) is 12.2 Å². The highest BCUT2D eigenvalue weighted by atomic mass is 16.6. The predicted octanol–water partition coefficient (Wildman–Crippen LogP) is 4.48. The Hall–Kier alpha value is -1.99. The molecule has 0 amide bonds. The number of ether oxygens (including phenoxy) is 3. The number of rotatable bonds is 3. The fourth-order valence-electron chi connectivity index (χ4n) is 5.19. The van der Waals surface area contributed by atoms with Gasteiger partial charge in [-0.25, -0.2) is 4.79 Å². The topological polar surface area (TPSA) is 88.5 Å². The number of aliphatic hydroxyl groups excluding tert-OH is 2. The fraction of sp³-hybridized carbons (Fsp3) is 0.621. The zero-order valence-corrected chi connectivity index (χ0v) is 20.5. The number of hydrogen-bond acceptors (Lipinski definition) is 6. The van der Waals surface area contributed by atoms with Gasteiger partial charge in [0.1, 0.15) is 18.3 Å². The Morgan fingerprint density at radius 1 is 1.09 bits per heavy atom. The van der Waals surface area contributed by atoms with Gasteiger partial charge >= 0.3 is 5.97 Å². The van der Waals surface area contributed by atoms with E-state index in [0.717, 1.165) is 50.5 Å². The minimum atomic E-state index is -0.939. The SMILES string of the molecule is C=C1CCC[C@@H]2CC=C[C@@H](C/C=C\C(=O)OC([C@@H](O)/C=C/C3CC=CCC3)C[C@@H]3O[C@H]3[C@@H](O)C1)O2. The van der Waals surface area contributed by atoms with Crippen molar-refractivity contribution in [2.24, 2.45) is 5.92 Å². The van der Waals surface area contributed by atoms with Crippen molar-refractivity contribution in [1.82, 2.24) is 0 Å². The van der Waals surface area contributed by atoms with Crippen LogP contribution in [0.15, 0.2) is 60.8 Å². The number of esters is 1. The molecule has 8 atom stereocenters. The number of aliphatic hydroxyl groups is 2. The summed E-state index contributed by atoms with van der Waals surface area (Å²) >= 11 is 0. The lowest BCUT2D eigenvalue weighted by Gasteiger charge is -2.25. The predicted molar refractivity (Wildman–Crippen MR) is 135 cm³/mol. The van der Waals surface area contributed by atoms with Crippen molar-refractivity contribution >= 4 is 5.97 Å². The van der Waals surface area contributed by atoms with Crippen molar-refractivity contribution in [3.63, 3.8) is 0 Å². The molecule has 1 aliphatic carbocycles. The van der Waals surface area contributed by atoms with Crippen molar-refractivity contribution < 1.29 is 29.2 Å². The summed E-state index contributed by atoms with van der Waals surface area (Å²) in [7, 11) is 0. The largest absolute Gasteiger partial charge is 0.456 e. The van der Waals surface area contributed by atoms with E-state index < -0.39 is 24.3 Å². The molecule has 0 saturated carbocycles. The quantitative estimate of drug-likeness (QED) is 0.349. The normalized spacial score (nSPS) is 38.7. The number of hydrogen-bond donors (Lipinski definition) is 2. The lowest BCUT2D eigenvalue weighted by molar-refractivity contribution is -0.148. The van der Waals surface area contributed by atoms with Crippen LogP contribution in [0, 0.1) is 5.92 Å². The van der Waals surface area contributed by atoms with Crippen LogP contribution in [0.2, 0.25) is 0 Å². The van der Waals surface area contributed by atoms with Gasteiger partial charge in [-0.05, 0) is 63.7 Å². The van der Waals surface area contributed by atoms with E-state index in [0.29, 0.717) is 25.2 Å². The molecule has 0 aromatic heterocycles. The molecule has 6 nitrogen and oxygen atoms in total. The molecule has 0 aromatic carbocycles. The Morgan fingerprint density at radius 3 is 2.80 bits per heavy atom. The Kier molecular flexibility index (Phi) is 9.55. The monoisotopic (exact) mass is 484 g/mol. The second-order valence-corrected chi connectivity index (χ2v) is 10.3. The second-order valence-electron chi connectivity index (χ2n) is 10.3. The first-order valence-electron chi connectivity index (χ1n) is 13.2. The number of allylic oxidation sites excluding steroid dienone is 3. The van der Waals surface area contributed by atoms with E-state index in [9.17, 15) is 15.0 Å². The number of cyclic esters (lactones) is 1. The molecule has 2 N–H and O–H groups in total. The minimum absolute atomic E-state index is 0.0591.